The van der Waals surface area contributed by atoms with Gasteiger partial charge in [0.2, 0.25) is 0 Å². The third-order valence-electron chi connectivity index (χ3n) is 3.35. The maximum absolute atomic E-state index is 2.31. The van der Waals surface area contributed by atoms with Gasteiger partial charge in [0.25, 0.3) is 0 Å². The zero-order chi connectivity index (χ0) is 17.5. The Morgan fingerprint density at radius 3 is 2.08 bits per heavy atom. The van der Waals surface area contributed by atoms with Gasteiger partial charge in [-0.3, -0.25) is 0 Å². The van der Waals surface area contributed by atoms with Gasteiger partial charge in [-0.2, -0.15) is 1.33 Å². The number of rotatable bonds is 3. The van der Waals surface area contributed by atoms with Gasteiger partial charge in [-0.05, 0) is 12.5 Å². The summed E-state index contributed by atoms with van der Waals surface area (Å²) in [5.74, 6) is 0. The van der Waals surface area contributed by atoms with Gasteiger partial charge in [-0.1, -0.05) is 29.8 Å². The molecule has 1 aromatic heterocycles. The van der Waals surface area contributed by atoms with E-state index in [1.54, 1.807) is 0 Å². The van der Waals surface area contributed by atoms with E-state index >= 15 is 0 Å². The van der Waals surface area contributed by atoms with Gasteiger partial charge in [0.1, 0.15) is 0 Å². The summed E-state index contributed by atoms with van der Waals surface area (Å²) >= 11 is 6.86. The molecule has 1 heterocycles. The Balaban J connectivity index is 0.000000177. The summed E-state index contributed by atoms with van der Waals surface area (Å²) in [5, 5.41) is 0. The number of benzene rings is 2. The molecule has 0 saturated carbocycles. The molecule has 130 valence electrons. The summed E-state index contributed by atoms with van der Waals surface area (Å²) in [6.07, 6.45) is 4.12. The summed E-state index contributed by atoms with van der Waals surface area (Å²) in [4.78, 5) is 0. The van der Waals surface area contributed by atoms with Crippen molar-refractivity contribution in [2.45, 2.75) is 13.5 Å². The van der Waals surface area contributed by atoms with Crippen LogP contribution in [0.2, 0.25) is 0 Å². The van der Waals surface area contributed by atoms with Crippen LogP contribution in [0.15, 0.2) is 67.0 Å². The molecule has 0 spiro atoms. The molecule has 6 heteroatoms. The van der Waals surface area contributed by atoms with Gasteiger partial charge in [0, 0.05) is 52.3 Å². The van der Waals surface area contributed by atoms with E-state index < -0.39 is 0 Å². The minimum atomic E-state index is 1.00. The van der Waals surface area contributed by atoms with Crippen molar-refractivity contribution in [3.63, 3.8) is 0 Å². The average molecular weight is 726 g/mol. The molecule has 3 aromatic rings. The molecule has 0 aliphatic rings. The molecule has 0 aliphatic carbocycles. The third-order valence-corrected chi connectivity index (χ3v) is 5.38. The number of hydrogen-bond donors (Lipinski definition) is 0. The predicted octanol–water partition coefficient (Wildman–Crippen LogP) is 5.39. The van der Waals surface area contributed by atoms with E-state index in [0.29, 0.717) is 0 Å². The van der Waals surface area contributed by atoms with E-state index in [9.17, 15) is 0 Å². The molecule has 0 atom stereocenters. The van der Waals surface area contributed by atoms with Gasteiger partial charge in [0.15, 0.2) is 0 Å². The first-order chi connectivity index (χ1) is 11.5. The minimum absolute atomic E-state index is 1.00. The number of aryl methyl sites for hydroxylation is 2. The maximum atomic E-state index is 2.31. The van der Waals surface area contributed by atoms with Gasteiger partial charge in [-0.25, -0.2) is 0 Å². The van der Waals surface area contributed by atoms with Crippen LogP contribution in [0, 0.1) is 10.7 Å². The zero-order valence-electron chi connectivity index (χ0n) is 13.5. The van der Waals surface area contributed by atoms with Crippen molar-refractivity contribution >= 4 is 45.7 Å². The van der Waals surface area contributed by atoms with E-state index in [-0.39, 0.29) is 0 Å². The molecule has 3 nitrogen and oxygen atoms in total. The summed E-state index contributed by atoms with van der Waals surface area (Å²) < 4.78 is 7.56. The summed E-state index contributed by atoms with van der Waals surface area (Å²) in [7, 11) is 2.04. The van der Waals surface area contributed by atoms with Crippen LogP contribution < -0.4 is 0 Å². The van der Waals surface area contributed by atoms with E-state index in [1.165, 1.54) is 20.6 Å². The second-order valence-electron chi connectivity index (χ2n) is 5.30. The molecule has 0 bridgehead atoms. The molecule has 0 N–H and O–H groups in total. The SMILES string of the molecule is Cc1ccc(CN(I)I)cc1.Cn1ccn(-c2ccccc2)[c]1=[Pt]. The molecule has 0 unspecified atom stereocenters. The number of aromatic nitrogens is 2. The number of halogens is 2. The first-order valence-corrected chi connectivity index (χ1v) is 10.4. The van der Waals surface area contributed by atoms with Gasteiger partial charge >= 0.3 is 87.8 Å². The van der Waals surface area contributed by atoms with E-state index in [4.69, 9.17) is 0 Å². The molecule has 0 aliphatic heterocycles. The van der Waals surface area contributed by atoms with Crippen molar-refractivity contribution in [3.05, 3.63) is 81.9 Å². The van der Waals surface area contributed by atoms with Gasteiger partial charge < -0.3 is 0 Å². The normalized spacial score (nSPS) is 10.5. The fourth-order valence-electron chi connectivity index (χ4n) is 2.06. The predicted molar refractivity (Wildman–Crippen MR) is 113 cm³/mol. The summed E-state index contributed by atoms with van der Waals surface area (Å²) in [6.45, 7) is 3.11. The number of hydrogen-bond acceptors (Lipinski definition) is 1. The summed E-state index contributed by atoms with van der Waals surface area (Å²) in [6, 6.07) is 18.9. The van der Waals surface area contributed by atoms with E-state index in [1.807, 2.05) is 25.2 Å². The van der Waals surface area contributed by atoms with Crippen LogP contribution in [-0.2, 0) is 32.9 Å². The third kappa shape index (κ3) is 6.24. The van der Waals surface area contributed by atoms with E-state index in [2.05, 4.69) is 131 Å². The second-order valence-corrected chi connectivity index (χ2v) is 10.5. The van der Waals surface area contributed by atoms with Crippen molar-refractivity contribution in [2.24, 2.45) is 7.05 Å². The molecule has 0 saturated heterocycles. The number of nitrogens with zero attached hydrogens (tertiary/aromatic N) is 3. The van der Waals surface area contributed by atoms with Crippen molar-refractivity contribution in [1.29, 1.82) is 0 Å². The molecular formula is C18H19I2N3Pt. The van der Waals surface area contributed by atoms with Crippen molar-refractivity contribution < 1.29 is 19.4 Å². The Morgan fingerprint density at radius 1 is 0.958 bits per heavy atom. The molecule has 0 amide bonds. The van der Waals surface area contributed by atoms with Crippen molar-refractivity contribution in [2.75, 3.05) is 0 Å². The van der Waals surface area contributed by atoms with Crippen LogP contribution >= 0.6 is 45.7 Å². The van der Waals surface area contributed by atoms with Crippen LogP contribution in [0.4, 0.5) is 0 Å². The summed E-state index contributed by atoms with van der Waals surface area (Å²) in [5.41, 5.74) is 3.88. The van der Waals surface area contributed by atoms with Crippen LogP contribution in [-0.4, -0.2) is 10.5 Å². The van der Waals surface area contributed by atoms with Gasteiger partial charge in [-0.15, -0.1) is 0 Å². The Hall–Kier alpha value is -0.242. The number of para-hydroxylation sites is 1. The Morgan fingerprint density at radius 2 is 1.58 bits per heavy atom. The van der Waals surface area contributed by atoms with Crippen LogP contribution in [0.1, 0.15) is 11.1 Å². The quantitative estimate of drug-likeness (QED) is 0.261. The van der Waals surface area contributed by atoms with Crippen LogP contribution in [0.5, 0.6) is 0 Å². The fourth-order valence-corrected chi connectivity index (χ4v) is 3.48. The second kappa shape index (κ2) is 10.0. The Kier molecular flexibility index (Phi) is 8.40. The van der Waals surface area contributed by atoms with Gasteiger partial charge in [0.05, 0.1) is 0 Å². The first kappa shape index (κ1) is 20.1. The topological polar surface area (TPSA) is 13.1 Å². The molecule has 3 rings (SSSR count). The zero-order valence-corrected chi connectivity index (χ0v) is 20.1. The van der Waals surface area contributed by atoms with Crippen LogP contribution in [0.3, 0.4) is 0 Å². The molecule has 0 radical (unpaired) electrons. The number of imidazole rings is 1. The Labute approximate surface area is 182 Å². The Bertz CT molecular complexity index is 808. The standard InChI is InChI=1S/C10H10N2.C8H9I2N.Pt/c1-11-7-8-12(9-11)10-5-3-2-4-6-10;1-7-2-4-8(5-3-7)6-11(9)10;/h2-8H,1H3;2-5H,6H2,1H3;. The molecule has 24 heavy (non-hydrogen) atoms. The monoisotopic (exact) mass is 726 g/mol. The molecule has 0 fully saturated rings. The fraction of sp³-hybridized carbons (Fsp3) is 0.167. The van der Waals surface area contributed by atoms with Crippen LogP contribution in [0.25, 0.3) is 5.69 Å². The molecular weight excluding hydrogens is 707 g/mol. The molecule has 2 aromatic carbocycles. The van der Waals surface area contributed by atoms with Crippen molar-refractivity contribution in [3.8, 4) is 5.69 Å². The van der Waals surface area contributed by atoms with E-state index in [0.717, 1.165) is 6.54 Å². The average Bonchev–Trinajstić information content (AvgIpc) is 2.90. The van der Waals surface area contributed by atoms with Crippen molar-refractivity contribution in [1.82, 2.24) is 10.5 Å². The first-order valence-electron chi connectivity index (χ1n) is 7.37.